The molecule has 1 aliphatic carbocycles. The van der Waals surface area contributed by atoms with Crippen molar-refractivity contribution in [2.24, 2.45) is 11.7 Å². The van der Waals surface area contributed by atoms with E-state index in [1.165, 1.54) is 0 Å². The number of hydrogen-bond acceptors (Lipinski definition) is 3. The van der Waals surface area contributed by atoms with Gasteiger partial charge in [-0.05, 0) is 23.9 Å². The molecule has 4 N–H and O–H groups in total. The summed E-state index contributed by atoms with van der Waals surface area (Å²) in [6.07, 6.45) is 4.10. The van der Waals surface area contributed by atoms with Gasteiger partial charge in [0.05, 0.1) is 0 Å². The number of nitrogens with two attached hydrogens (primary N) is 1. The highest BCUT2D eigenvalue weighted by molar-refractivity contribution is 6.50. The van der Waals surface area contributed by atoms with E-state index in [0.29, 0.717) is 11.9 Å². The first-order chi connectivity index (χ1) is 5.11. The van der Waals surface area contributed by atoms with Gasteiger partial charge in [-0.2, -0.15) is 0 Å². The summed E-state index contributed by atoms with van der Waals surface area (Å²) in [6.45, 7) is 1.92. The van der Waals surface area contributed by atoms with Crippen molar-refractivity contribution >= 4 is 7.12 Å². The molecule has 0 saturated heterocycles. The highest BCUT2D eigenvalue weighted by Crippen LogP contribution is 2.22. The molecule has 0 amide bonds. The van der Waals surface area contributed by atoms with Crippen LogP contribution in [-0.2, 0) is 0 Å². The van der Waals surface area contributed by atoms with Gasteiger partial charge in [0.1, 0.15) is 0 Å². The van der Waals surface area contributed by atoms with Crippen molar-refractivity contribution in [2.75, 3.05) is 0 Å². The summed E-state index contributed by atoms with van der Waals surface area (Å²) in [4.78, 5) is 0. The number of allylic oxidation sites excluding steroid dienone is 4. The number of rotatable bonds is 1. The Bertz CT molecular complexity index is 210. The van der Waals surface area contributed by atoms with Crippen LogP contribution < -0.4 is 5.73 Å². The third-order valence-corrected chi connectivity index (χ3v) is 1.90. The van der Waals surface area contributed by atoms with E-state index in [9.17, 15) is 0 Å². The molecule has 1 aliphatic rings. The fraction of sp³-hybridized carbons (Fsp3) is 0.429. The molecule has 0 aromatic heterocycles. The molecule has 60 valence electrons. The van der Waals surface area contributed by atoms with Crippen LogP contribution in [0.2, 0.25) is 0 Å². The monoisotopic (exact) mass is 153 g/mol. The van der Waals surface area contributed by atoms with Gasteiger partial charge in [-0.1, -0.05) is 13.0 Å². The summed E-state index contributed by atoms with van der Waals surface area (Å²) < 4.78 is 0. The van der Waals surface area contributed by atoms with Crippen LogP contribution in [0.25, 0.3) is 0 Å². The van der Waals surface area contributed by atoms with Crippen LogP contribution in [0.3, 0.4) is 0 Å². The Kier molecular flexibility index (Phi) is 2.36. The molecule has 1 unspecified atom stereocenters. The van der Waals surface area contributed by atoms with Gasteiger partial charge in [0.25, 0.3) is 0 Å². The molecule has 0 spiro atoms. The molecule has 1 rings (SSSR count). The molecule has 0 fully saturated rings. The predicted molar refractivity (Wildman–Crippen MR) is 44.3 cm³/mol. The van der Waals surface area contributed by atoms with Crippen LogP contribution in [0.5, 0.6) is 0 Å². The van der Waals surface area contributed by atoms with Gasteiger partial charge in [0.2, 0.25) is 0 Å². The molecule has 0 radical (unpaired) electrons. The summed E-state index contributed by atoms with van der Waals surface area (Å²) in [5, 5.41) is 17.7. The Morgan fingerprint density at radius 1 is 1.55 bits per heavy atom. The quantitative estimate of drug-likeness (QED) is 0.457. The first-order valence-corrected chi connectivity index (χ1v) is 3.63. The predicted octanol–water partition coefficient (Wildman–Crippen LogP) is -0.193. The van der Waals surface area contributed by atoms with E-state index in [2.05, 4.69) is 0 Å². The Morgan fingerprint density at radius 2 is 2.18 bits per heavy atom. The van der Waals surface area contributed by atoms with Crippen LogP contribution in [-0.4, -0.2) is 17.2 Å². The maximum atomic E-state index is 8.85. The third-order valence-electron chi connectivity index (χ3n) is 1.90. The summed E-state index contributed by atoms with van der Waals surface area (Å²) in [6, 6.07) is 0. The fourth-order valence-corrected chi connectivity index (χ4v) is 1.25. The standard InChI is InChI=1S/C7H12BNO2/c1-5-4-6(9)2-3-7(5)8(10)11/h2-3,5,10-11H,4,9H2,1H3. The zero-order valence-electron chi connectivity index (χ0n) is 6.49. The lowest BCUT2D eigenvalue weighted by Gasteiger charge is -2.18. The minimum atomic E-state index is -1.34. The fourth-order valence-electron chi connectivity index (χ4n) is 1.25. The van der Waals surface area contributed by atoms with Crippen LogP contribution in [0.15, 0.2) is 23.3 Å². The topological polar surface area (TPSA) is 66.5 Å². The Morgan fingerprint density at radius 3 is 2.64 bits per heavy atom. The molecular weight excluding hydrogens is 141 g/mol. The van der Waals surface area contributed by atoms with Gasteiger partial charge in [-0.15, -0.1) is 0 Å². The molecule has 0 saturated carbocycles. The molecular formula is C7H12BNO2. The average molecular weight is 153 g/mol. The van der Waals surface area contributed by atoms with E-state index in [1.54, 1.807) is 12.2 Å². The molecule has 0 aliphatic heterocycles. The van der Waals surface area contributed by atoms with E-state index in [-0.39, 0.29) is 5.92 Å². The summed E-state index contributed by atoms with van der Waals surface area (Å²) in [5.41, 5.74) is 6.97. The minimum Gasteiger partial charge on any atom is -0.423 e. The Balaban J connectivity index is 2.78. The second kappa shape index (κ2) is 3.11. The van der Waals surface area contributed by atoms with Crippen molar-refractivity contribution in [1.29, 1.82) is 0 Å². The van der Waals surface area contributed by atoms with Crippen molar-refractivity contribution < 1.29 is 10.0 Å². The zero-order chi connectivity index (χ0) is 8.43. The molecule has 0 heterocycles. The molecule has 0 bridgehead atoms. The largest absolute Gasteiger partial charge is 0.484 e. The van der Waals surface area contributed by atoms with Crippen molar-refractivity contribution in [1.82, 2.24) is 0 Å². The van der Waals surface area contributed by atoms with E-state index in [0.717, 1.165) is 5.70 Å². The summed E-state index contributed by atoms with van der Waals surface area (Å²) in [7, 11) is -1.34. The van der Waals surface area contributed by atoms with Crippen LogP contribution in [0.1, 0.15) is 13.3 Å². The second-order valence-corrected chi connectivity index (χ2v) is 2.89. The van der Waals surface area contributed by atoms with E-state index in [4.69, 9.17) is 15.8 Å². The Hall–Kier alpha value is -0.735. The van der Waals surface area contributed by atoms with Crippen LogP contribution in [0.4, 0.5) is 0 Å². The first kappa shape index (κ1) is 8.36. The average Bonchev–Trinajstić information content (AvgIpc) is 1.85. The smallest absolute Gasteiger partial charge is 0.423 e. The van der Waals surface area contributed by atoms with Crippen molar-refractivity contribution in [3.8, 4) is 0 Å². The maximum Gasteiger partial charge on any atom is 0.484 e. The van der Waals surface area contributed by atoms with E-state index in [1.807, 2.05) is 6.92 Å². The normalized spacial score (nSPS) is 24.1. The minimum absolute atomic E-state index is 0.139. The molecule has 11 heavy (non-hydrogen) atoms. The lowest BCUT2D eigenvalue weighted by atomic mass is 9.69. The lowest BCUT2D eigenvalue weighted by molar-refractivity contribution is 0.409. The lowest BCUT2D eigenvalue weighted by Crippen LogP contribution is -2.24. The van der Waals surface area contributed by atoms with Gasteiger partial charge in [0.15, 0.2) is 0 Å². The van der Waals surface area contributed by atoms with E-state index < -0.39 is 7.12 Å². The Labute approximate surface area is 66.4 Å². The molecule has 1 atom stereocenters. The number of hydrogen-bond donors (Lipinski definition) is 3. The summed E-state index contributed by atoms with van der Waals surface area (Å²) in [5.74, 6) is 0.139. The highest BCUT2D eigenvalue weighted by atomic mass is 16.4. The van der Waals surface area contributed by atoms with Crippen molar-refractivity contribution in [2.45, 2.75) is 13.3 Å². The summed E-state index contributed by atoms with van der Waals surface area (Å²) >= 11 is 0. The van der Waals surface area contributed by atoms with Gasteiger partial charge in [-0.25, -0.2) is 0 Å². The van der Waals surface area contributed by atoms with Crippen LogP contribution in [0, 0.1) is 5.92 Å². The van der Waals surface area contributed by atoms with Gasteiger partial charge in [-0.3, -0.25) is 0 Å². The molecule has 4 heteroatoms. The van der Waals surface area contributed by atoms with Crippen LogP contribution >= 0.6 is 0 Å². The molecule has 0 aromatic carbocycles. The van der Waals surface area contributed by atoms with Gasteiger partial charge < -0.3 is 15.8 Å². The van der Waals surface area contributed by atoms with Gasteiger partial charge >= 0.3 is 7.12 Å². The van der Waals surface area contributed by atoms with E-state index >= 15 is 0 Å². The second-order valence-electron chi connectivity index (χ2n) is 2.89. The first-order valence-electron chi connectivity index (χ1n) is 3.63. The highest BCUT2D eigenvalue weighted by Gasteiger charge is 2.22. The third kappa shape index (κ3) is 1.85. The zero-order valence-corrected chi connectivity index (χ0v) is 6.49. The van der Waals surface area contributed by atoms with Crippen molar-refractivity contribution in [3.63, 3.8) is 0 Å². The molecule has 3 nitrogen and oxygen atoms in total. The molecule has 0 aromatic rings. The SMILES string of the molecule is CC1CC(N)=CC=C1B(O)O. The maximum absolute atomic E-state index is 8.85. The van der Waals surface area contributed by atoms with Gasteiger partial charge in [0, 0.05) is 5.70 Å². The van der Waals surface area contributed by atoms with Crippen molar-refractivity contribution in [3.05, 3.63) is 23.3 Å².